The average Bonchev–Trinajstić information content (AvgIpc) is 2.75. The number of nitrogens with zero attached hydrogens (tertiary/aromatic N) is 1. The van der Waals surface area contributed by atoms with Crippen molar-refractivity contribution in [2.75, 3.05) is 0 Å². The van der Waals surface area contributed by atoms with Gasteiger partial charge in [-0.05, 0) is 17.5 Å². The zero-order chi connectivity index (χ0) is 10.8. The van der Waals surface area contributed by atoms with Crippen molar-refractivity contribution in [1.82, 2.24) is 4.57 Å². The first-order valence-electron chi connectivity index (χ1n) is 4.57. The van der Waals surface area contributed by atoms with Crippen molar-refractivity contribution in [2.24, 2.45) is 7.05 Å². The number of hydrogen-bond acceptors (Lipinski definition) is 3. The van der Waals surface area contributed by atoms with Gasteiger partial charge in [0, 0.05) is 18.4 Å². The molecule has 4 heteroatoms. The highest BCUT2D eigenvalue weighted by Crippen LogP contribution is 2.23. The Balaban J connectivity index is 2.62. The molecule has 0 aliphatic rings. The summed E-state index contributed by atoms with van der Waals surface area (Å²) in [6, 6.07) is 7.82. The molecule has 2 rings (SSSR count). The van der Waals surface area contributed by atoms with E-state index >= 15 is 0 Å². The fourth-order valence-corrected chi connectivity index (χ4v) is 2.51. The minimum Gasteiger partial charge on any atom is -0.310 e. The Morgan fingerprint density at radius 2 is 2.20 bits per heavy atom. The Morgan fingerprint density at radius 1 is 1.40 bits per heavy atom. The van der Waals surface area contributed by atoms with Crippen LogP contribution in [0.2, 0.25) is 0 Å². The van der Waals surface area contributed by atoms with E-state index in [0.717, 1.165) is 16.1 Å². The number of rotatable bonds is 2. The van der Waals surface area contributed by atoms with Crippen molar-refractivity contribution in [2.45, 2.75) is 5.75 Å². The highest BCUT2D eigenvalue weighted by Gasteiger charge is 2.06. The highest BCUT2D eigenvalue weighted by atomic mass is 32.1. The number of pyridine rings is 1. The van der Waals surface area contributed by atoms with Gasteiger partial charge in [-0.1, -0.05) is 12.1 Å². The van der Waals surface area contributed by atoms with Crippen LogP contribution in [0.5, 0.6) is 0 Å². The molecule has 0 atom stereocenters. The van der Waals surface area contributed by atoms with Gasteiger partial charge in [0.25, 0.3) is 5.56 Å². The minimum atomic E-state index is 0.0379. The third-order valence-electron chi connectivity index (χ3n) is 2.33. The van der Waals surface area contributed by atoms with Crippen molar-refractivity contribution in [3.05, 3.63) is 45.6 Å². The summed E-state index contributed by atoms with van der Waals surface area (Å²) in [6.45, 7) is 0. The Kier molecular flexibility index (Phi) is 2.98. The van der Waals surface area contributed by atoms with Gasteiger partial charge in [-0.15, -0.1) is 11.3 Å². The smallest absolute Gasteiger partial charge is 0.254 e. The fourth-order valence-electron chi connectivity index (χ4n) is 1.48. The zero-order valence-electron chi connectivity index (χ0n) is 8.30. The van der Waals surface area contributed by atoms with Gasteiger partial charge in [-0.25, -0.2) is 0 Å². The maximum absolute atomic E-state index is 11.8. The lowest BCUT2D eigenvalue weighted by molar-refractivity contribution is 0.859. The predicted octanol–water partition coefficient (Wildman–Crippen LogP) is 2.54. The van der Waals surface area contributed by atoms with E-state index in [2.05, 4.69) is 12.6 Å². The van der Waals surface area contributed by atoms with Crippen molar-refractivity contribution < 1.29 is 0 Å². The van der Waals surface area contributed by atoms with Crippen LogP contribution < -0.4 is 5.56 Å². The van der Waals surface area contributed by atoms with Gasteiger partial charge >= 0.3 is 0 Å². The van der Waals surface area contributed by atoms with Gasteiger partial charge in [-0.2, -0.15) is 12.6 Å². The van der Waals surface area contributed by atoms with E-state index in [1.165, 1.54) is 0 Å². The van der Waals surface area contributed by atoms with Crippen molar-refractivity contribution in [3.63, 3.8) is 0 Å². The molecule has 2 heterocycles. The normalized spacial score (nSPS) is 10.5. The molecule has 0 aliphatic carbocycles. The molecule has 0 unspecified atom stereocenters. The zero-order valence-corrected chi connectivity index (χ0v) is 10.0. The molecule has 0 spiro atoms. The maximum Gasteiger partial charge on any atom is 0.254 e. The molecule has 0 amide bonds. The van der Waals surface area contributed by atoms with Crippen LogP contribution in [0.1, 0.15) is 5.56 Å². The summed E-state index contributed by atoms with van der Waals surface area (Å²) >= 11 is 5.76. The van der Waals surface area contributed by atoms with E-state index in [-0.39, 0.29) is 5.56 Å². The van der Waals surface area contributed by atoms with E-state index in [4.69, 9.17) is 0 Å². The second kappa shape index (κ2) is 4.24. The summed E-state index contributed by atoms with van der Waals surface area (Å²) in [6.07, 6.45) is 0. The molecule has 78 valence electrons. The molecule has 0 radical (unpaired) electrons. The Bertz CT molecular complexity index is 514. The molecule has 2 nitrogen and oxygen atoms in total. The molecule has 0 bridgehead atoms. The van der Waals surface area contributed by atoms with E-state index < -0.39 is 0 Å². The second-order valence-corrected chi connectivity index (χ2v) is 4.51. The SMILES string of the molecule is Cn1c(-c2cccs2)ccc(CS)c1=O. The molecular formula is C11H11NOS2. The van der Waals surface area contributed by atoms with Crippen LogP contribution in [0.3, 0.4) is 0 Å². The summed E-state index contributed by atoms with van der Waals surface area (Å²) in [5.74, 6) is 0.484. The molecule has 0 aromatic carbocycles. The first kappa shape index (κ1) is 10.5. The van der Waals surface area contributed by atoms with E-state index in [0.29, 0.717) is 5.75 Å². The molecule has 0 saturated heterocycles. The fraction of sp³-hybridized carbons (Fsp3) is 0.182. The summed E-state index contributed by atoms with van der Waals surface area (Å²) in [5.41, 5.74) is 1.73. The Labute approximate surface area is 97.6 Å². The molecule has 2 aromatic rings. The van der Waals surface area contributed by atoms with Gasteiger partial charge in [0.15, 0.2) is 0 Å². The Hall–Kier alpha value is -1.00. The highest BCUT2D eigenvalue weighted by molar-refractivity contribution is 7.79. The molecule has 0 fully saturated rings. The maximum atomic E-state index is 11.8. The van der Waals surface area contributed by atoms with Gasteiger partial charge in [0.05, 0.1) is 10.6 Å². The van der Waals surface area contributed by atoms with Crippen molar-refractivity contribution >= 4 is 24.0 Å². The lowest BCUT2D eigenvalue weighted by Crippen LogP contribution is -2.21. The monoisotopic (exact) mass is 237 g/mol. The van der Waals surface area contributed by atoms with Crippen LogP contribution in [0.15, 0.2) is 34.4 Å². The molecule has 2 aromatic heterocycles. The number of thiol groups is 1. The predicted molar refractivity (Wildman–Crippen MR) is 67.7 cm³/mol. The summed E-state index contributed by atoms with van der Waals surface area (Å²) in [4.78, 5) is 12.9. The third-order valence-corrected chi connectivity index (χ3v) is 3.56. The van der Waals surface area contributed by atoms with Crippen LogP contribution >= 0.6 is 24.0 Å². The van der Waals surface area contributed by atoms with E-state index in [9.17, 15) is 4.79 Å². The average molecular weight is 237 g/mol. The van der Waals surface area contributed by atoms with Crippen LogP contribution in [0.25, 0.3) is 10.6 Å². The molecular weight excluding hydrogens is 226 g/mol. The van der Waals surface area contributed by atoms with Gasteiger partial charge in [-0.3, -0.25) is 4.79 Å². The van der Waals surface area contributed by atoms with E-state index in [1.807, 2.05) is 29.6 Å². The molecule has 0 aliphatic heterocycles. The quantitative estimate of drug-likeness (QED) is 0.797. The van der Waals surface area contributed by atoms with Crippen LogP contribution in [0, 0.1) is 0 Å². The lowest BCUT2D eigenvalue weighted by Gasteiger charge is -2.07. The van der Waals surface area contributed by atoms with Crippen LogP contribution in [-0.4, -0.2) is 4.57 Å². The standard InChI is InChI=1S/C11H11NOS2/c1-12-9(10-3-2-6-15-10)5-4-8(7-14)11(12)13/h2-6,14H,7H2,1H3. The van der Waals surface area contributed by atoms with Crippen molar-refractivity contribution in [3.8, 4) is 10.6 Å². The van der Waals surface area contributed by atoms with Crippen LogP contribution in [0.4, 0.5) is 0 Å². The summed E-state index contributed by atoms with van der Waals surface area (Å²) in [5, 5.41) is 2.01. The van der Waals surface area contributed by atoms with Gasteiger partial charge in [0.1, 0.15) is 0 Å². The third kappa shape index (κ3) is 1.87. The molecule has 15 heavy (non-hydrogen) atoms. The van der Waals surface area contributed by atoms with Crippen LogP contribution in [-0.2, 0) is 12.8 Å². The first-order chi connectivity index (χ1) is 7.24. The van der Waals surface area contributed by atoms with E-state index in [1.54, 1.807) is 23.0 Å². The largest absolute Gasteiger partial charge is 0.310 e. The Morgan fingerprint density at radius 3 is 2.80 bits per heavy atom. The lowest BCUT2D eigenvalue weighted by atomic mass is 10.2. The second-order valence-electron chi connectivity index (χ2n) is 3.24. The topological polar surface area (TPSA) is 22.0 Å². The van der Waals surface area contributed by atoms with Gasteiger partial charge < -0.3 is 4.57 Å². The number of aromatic nitrogens is 1. The number of thiophene rings is 1. The van der Waals surface area contributed by atoms with Crippen molar-refractivity contribution in [1.29, 1.82) is 0 Å². The van der Waals surface area contributed by atoms with Gasteiger partial charge in [0.2, 0.25) is 0 Å². The molecule has 0 saturated carbocycles. The molecule has 0 N–H and O–H groups in total. The number of hydrogen-bond donors (Lipinski definition) is 1. The first-order valence-corrected chi connectivity index (χ1v) is 6.09. The summed E-state index contributed by atoms with van der Waals surface area (Å²) in [7, 11) is 1.80. The summed E-state index contributed by atoms with van der Waals surface area (Å²) < 4.78 is 1.68. The minimum absolute atomic E-state index is 0.0379.